The van der Waals surface area contributed by atoms with Crippen molar-refractivity contribution in [3.63, 3.8) is 0 Å². The van der Waals surface area contributed by atoms with E-state index in [0.717, 1.165) is 18.2 Å². The van der Waals surface area contributed by atoms with E-state index in [2.05, 4.69) is 24.1 Å². The van der Waals surface area contributed by atoms with Crippen molar-refractivity contribution < 1.29 is 4.74 Å². The third kappa shape index (κ3) is 3.74. The van der Waals surface area contributed by atoms with Crippen molar-refractivity contribution in [3.05, 3.63) is 29.8 Å². The highest BCUT2D eigenvalue weighted by atomic mass is 16.5. The van der Waals surface area contributed by atoms with Crippen LogP contribution in [0.2, 0.25) is 0 Å². The molecule has 0 aliphatic heterocycles. The fraction of sp³-hybridized carbons (Fsp3) is 0.647. The first-order chi connectivity index (χ1) is 9.76. The van der Waals surface area contributed by atoms with Crippen molar-refractivity contribution in [2.45, 2.75) is 38.1 Å². The minimum atomic E-state index is 0.244. The van der Waals surface area contributed by atoms with Crippen molar-refractivity contribution in [1.29, 1.82) is 0 Å². The van der Waals surface area contributed by atoms with Crippen LogP contribution in [0.15, 0.2) is 24.3 Å². The van der Waals surface area contributed by atoms with Gasteiger partial charge >= 0.3 is 0 Å². The lowest BCUT2D eigenvalue weighted by molar-refractivity contribution is 0.183. The van der Waals surface area contributed by atoms with Gasteiger partial charge in [-0.2, -0.15) is 0 Å². The van der Waals surface area contributed by atoms with Gasteiger partial charge in [0, 0.05) is 18.7 Å². The minimum Gasteiger partial charge on any atom is -0.496 e. The van der Waals surface area contributed by atoms with Crippen LogP contribution in [0.1, 0.15) is 43.7 Å². The van der Waals surface area contributed by atoms with Crippen molar-refractivity contribution in [3.8, 4) is 5.75 Å². The molecule has 0 spiro atoms. The predicted octanol–water partition coefficient (Wildman–Crippen LogP) is 3.21. The van der Waals surface area contributed by atoms with Crippen LogP contribution in [0.4, 0.5) is 0 Å². The van der Waals surface area contributed by atoms with E-state index in [1.807, 2.05) is 12.1 Å². The number of benzene rings is 1. The van der Waals surface area contributed by atoms with Gasteiger partial charge in [-0.1, -0.05) is 37.5 Å². The average Bonchev–Trinajstić information content (AvgIpc) is 2.49. The zero-order valence-electron chi connectivity index (χ0n) is 12.8. The van der Waals surface area contributed by atoms with Crippen LogP contribution in [0.5, 0.6) is 5.75 Å². The highest BCUT2D eigenvalue weighted by molar-refractivity contribution is 5.36. The number of para-hydroxylation sites is 1. The lowest BCUT2D eigenvalue weighted by Crippen LogP contribution is -2.35. The molecular weight excluding hydrogens is 248 g/mol. The number of methoxy groups -OCH3 is 1. The van der Waals surface area contributed by atoms with E-state index in [-0.39, 0.29) is 6.04 Å². The minimum absolute atomic E-state index is 0.244. The van der Waals surface area contributed by atoms with Gasteiger partial charge in [-0.3, -0.25) is 4.90 Å². The van der Waals surface area contributed by atoms with E-state index >= 15 is 0 Å². The van der Waals surface area contributed by atoms with E-state index in [4.69, 9.17) is 10.5 Å². The molecule has 1 aliphatic carbocycles. The third-order valence-electron chi connectivity index (χ3n) is 4.52. The van der Waals surface area contributed by atoms with Gasteiger partial charge in [0.25, 0.3) is 0 Å². The molecule has 0 saturated heterocycles. The van der Waals surface area contributed by atoms with Crippen LogP contribution in [0.25, 0.3) is 0 Å². The zero-order chi connectivity index (χ0) is 14.4. The number of hydrogen-bond donors (Lipinski definition) is 1. The summed E-state index contributed by atoms with van der Waals surface area (Å²) in [6.07, 6.45) is 6.93. The van der Waals surface area contributed by atoms with E-state index < -0.39 is 0 Å². The van der Waals surface area contributed by atoms with E-state index in [9.17, 15) is 0 Å². The number of ether oxygens (including phenoxy) is 1. The summed E-state index contributed by atoms with van der Waals surface area (Å²) in [4.78, 5) is 2.41. The molecule has 0 heterocycles. The molecule has 1 aromatic rings. The highest BCUT2D eigenvalue weighted by Gasteiger charge is 2.22. The molecule has 112 valence electrons. The molecule has 1 saturated carbocycles. The van der Waals surface area contributed by atoms with Gasteiger partial charge in [0.2, 0.25) is 0 Å². The number of nitrogens with zero attached hydrogens (tertiary/aromatic N) is 1. The standard InChI is InChI=1S/C17H28N2O/c1-19(13-14-8-4-3-5-9-14)16(12-18)15-10-6-7-11-17(15)20-2/h6-7,10-11,14,16H,3-5,8-9,12-13,18H2,1-2H3. The van der Waals surface area contributed by atoms with Gasteiger partial charge in [0.1, 0.15) is 5.75 Å². The zero-order valence-corrected chi connectivity index (χ0v) is 12.8. The normalized spacial score (nSPS) is 18.2. The Kier molecular flexibility index (Phi) is 5.86. The van der Waals surface area contributed by atoms with Crippen LogP contribution in [0.3, 0.4) is 0 Å². The second-order valence-corrected chi connectivity index (χ2v) is 5.94. The Morgan fingerprint density at radius 2 is 1.95 bits per heavy atom. The predicted molar refractivity (Wildman–Crippen MR) is 84.0 cm³/mol. The lowest BCUT2D eigenvalue weighted by atomic mass is 9.88. The van der Waals surface area contributed by atoms with Gasteiger partial charge < -0.3 is 10.5 Å². The fourth-order valence-corrected chi connectivity index (χ4v) is 3.39. The van der Waals surface area contributed by atoms with Crippen LogP contribution >= 0.6 is 0 Å². The maximum absolute atomic E-state index is 6.04. The Morgan fingerprint density at radius 3 is 2.60 bits per heavy atom. The molecule has 1 atom stereocenters. The topological polar surface area (TPSA) is 38.5 Å². The molecular formula is C17H28N2O. The quantitative estimate of drug-likeness (QED) is 0.867. The third-order valence-corrected chi connectivity index (χ3v) is 4.52. The Bertz CT molecular complexity index is 402. The van der Waals surface area contributed by atoms with Crippen LogP contribution < -0.4 is 10.5 Å². The molecule has 1 aromatic carbocycles. The summed E-state index contributed by atoms with van der Waals surface area (Å²) in [5, 5.41) is 0. The van der Waals surface area contributed by atoms with Gasteiger partial charge in [-0.15, -0.1) is 0 Å². The highest BCUT2D eigenvalue weighted by Crippen LogP contribution is 2.30. The van der Waals surface area contributed by atoms with E-state index in [1.54, 1.807) is 7.11 Å². The Labute approximate surface area is 123 Å². The van der Waals surface area contributed by atoms with Crippen LogP contribution in [-0.2, 0) is 0 Å². The van der Waals surface area contributed by atoms with Crippen molar-refractivity contribution in [1.82, 2.24) is 4.90 Å². The first kappa shape index (κ1) is 15.3. The molecule has 1 unspecified atom stereocenters. The SMILES string of the molecule is COc1ccccc1C(CN)N(C)CC1CCCCC1. The Hall–Kier alpha value is -1.06. The second-order valence-electron chi connectivity index (χ2n) is 5.94. The monoisotopic (exact) mass is 276 g/mol. The number of nitrogens with two attached hydrogens (primary N) is 1. The molecule has 1 fully saturated rings. The summed E-state index contributed by atoms with van der Waals surface area (Å²) in [6.45, 7) is 1.77. The molecule has 2 N–H and O–H groups in total. The molecule has 3 heteroatoms. The summed E-state index contributed by atoms with van der Waals surface area (Å²) in [7, 11) is 3.92. The van der Waals surface area contributed by atoms with Crippen molar-refractivity contribution in [2.24, 2.45) is 11.7 Å². The van der Waals surface area contributed by atoms with Crippen molar-refractivity contribution >= 4 is 0 Å². The average molecular weight is 276 g/mol. The number of likely N-dealkylation sites (N-methyl/N-ethyl adjacent to an activating group) is 1. The van der Waals surface area contributed by atoms with Gasteiger partial charge in [-0.25, -0.2) is 0 Å². The summed E-state index contributed by atoms with van der Waals surface area (Å²) < 4.78 is 5.49. The van der Waals surface area contributed by atoms with Crippen LogP contribution in [0, 0.1) is 5.92 Å². The maximum atomic E-state index is 6.04. The van der Waals surface area contributed by atoms with Gasteiger partial charge in [-0.05, 0) is 31.9 Å². The molecule has 0 bridgehead atoms. The van der Waals surface area contributed by atoms with Gasteiger partial charge in [0.05, 0.1) is 13.2 Å². The fourth-order valence-electron chi connectivity index (χ4n) is 3.39. The summed E-state index contributed by atoms with van der Waals surface area (Å²) in [5.41, 5.74) is 7.24. The van der Waals surface area contributed by atoms with E-state index in [1.165, 1.54) is 37.7 Å². The summed E-state index contributed by atoms with van der Waals surface area (Å²) >= 11 is 0. The maximum Gasteiger partial charge on any atom is 0.123 e. The molecule has 0 amide bonds. The Balaban J connectivity index is 2.06. The Morgan fingerprint density at radius 1 is 1.25 bits per heavy atom. The molecule has 1 aliphatic rings. The smallest absolute Gasteiger partial charge is 0.123 e. The number of hydrogen-bond acceptors (Lipinski definition) is 3. The van der Waals surface area contributed by atoms with E-state index in [0.29, 0.717) is 6.54 Å². The lowest BCUT2D eigenvalue weighted by Gasteiger charge is -2.33. The molecule has 2 rings (SSSR count). The second kappa shape index (κ2) is 7.65. The largest absolute Gasteiger partial charge is 0.496 e. The van der Waals surface area contributed by atoms with Gasteiger partial charge in [0.15, 0.2) is 0 Å². The molecule has 20 heavy (non-hydrogen) atoms. The van der Waals surface area contributed by atoms with Crippen LogP contribution in [-0.4, -0.2) is 32.1 Å². The van der Waals surface area contributed by atoms with Crippen molar-refractivity contribution in [2.75, 3.05) is 27.2 Å². The summed E-state index contributed by atoms with van der Waals surface area (Å²) in [6, 6.07) is 8.47. The summed E-state index contributed by atoms with van der Waals surface area (Å²) in [5.74, 6) is 1.77. The molecule has 0 radical (unpaired) electrons. The molecule has 3 nitrogen and oxygen atoms in total. The first-order valence-electron chi connectivity index (χ1n) is 7.79. The molecule has 0 aromatic heterocycles. The first-order valence-corrected chi connectivity index (χ1v) is 7.79. The number of rotatable bonds is 6.